The summed E-state index contributed by atoms with van der Waals surface area (Å²) < 4.78 is 0. The van der Waals surface area contributed by atoms with Gasteiger partial charge in [0.05, 0.1) is 6.21 Å². The molecule has 0 bridgehead atoms. The van der Waals surface area contributed by atoms with Gasteiger partial charge in [-0.1, -0.05) is 17.3 Å². The van der Waals surface area contributed by atoms with E-state index in [0.29, 0.717) is 5.56 Å². The third-order valence-electron chi connectivity index (χ3n) is 1.67. The monoisotopic (exact) mass is 177 g/mol. The Hall–Kier alpha value is -1.77. The maximum atomic E-state index is 9.31. The van der Waals surface area contributed by atoms with Crippen LogP contribution in [0.25, 0.3) is 0 Å². The van der Waals surface area contributed by atoms with E-state index >= 15 is 0 Å². The van der Waals surface area contributed by atoms with Crippen LogP contribution in [-0.2, 0) is 6.42 Å². The molecule has 0 aliphatic heterocycles. The molecule has 13 heavy (non-hydrogen) atoms. The number of rotatable bonds is 3. The fourth-order valence-corrected chi connectivity index (χ4v) is 1.06. The largest absolute Gasteiger partial charge is 0.507 e. The second-order valence-corrected chi connectivity index (χ2v) is 2.63. The second kappa shape index (κ2) is 4.30. The molecule has 68 valence electrons. The Morgan fingerprint density at radius 1 is 1.46 bits per heavy atom. The Morgan fingerprint density at radius 2 is 2.23 bits per heavy atom. The molecule has 1 aromatic carbocycles. The minimum absolute atomic E-state index is 0.102. The quantitative estimate of drug-likeness (QED) is 0.321. The highest BCUT2D eigenvalue weighted by Crippen LogP contribution is 2.16. The topological polar surface area (TPSA) is 52.8 Å². The van der Waals surface area contributed by atoms with E-state index < -0.39 is 0 Å². The number of benzene rings is 1. The lowest BCUT2D eigenvalue weighted by Gasteiger charge is -2.00. The summed E-state index contributed by atoms with van der Waals surface area (Å²) in [6, 6.07) is 5.11. The van der Waals surface area contributed by atoms with Crippen molar-refractivity contribution in [3.8, 4) is 5.75 Å². The second-order valence-electron chi connectivity index (χ2n) is 2.63. The number of allylic oxidation sites excluding steroid dienone is 1. The number of hydrogen-bond acceptors (Lipinski definition) is 3. The molecular weight excluding hydrogens is 166 g/mol. The van der Waals surface area contributed by atoms with E-state index in [4.69, 9.17) is 5.21 Å². The minimum atomic E-state index is 0.102. The molecule has 0 fully saturated rings. The van der Waals surface area contributed by atoms with Gasteiger partial charge >= 0.3 is 0 Å². The van der Waals surface area contributed by atoms with Crippen LogP contribution >= 0.6 is 0 Å². The lowest BCUT2D eigenvalue weighted by Crippen LogP contribution is -1.87. The summed E-state index contributed by atoms with van der Waals surface area (Å²) in [6.45, 7) is 3.61. The molecule has 0 aliphatic rings. The van der Waals surface area contributed by atoms with Crippen molar-refractivity contribution >= 4 is 6.21 Å². The molecule has 1 rings (SSSR count). The first-order chi connectivity index (χ1) is 6.27. The molecular formula is C10H11NO2. The maximum Gasteiger partial charge on any atom is 0.124 e. The highest BCUT2D eigenvalue weighted by atomic mass is 16.4. The van der Waals surface area contributed by atoms with E-state index in [1.54, 1.807) is 24.3 Å². The molecule has 0 amide bonds. The summed E-state index contributed by atoms with van der Waals surface area (Å²) >= 11 is 0. The maximum absolute atomic E-state index is 9.31. The van der Waals surface area contributed by atoms with Crippen LogP contribution in [-0.4, -0.2) is 16.5 Å². The van der Waals surface area contributed by atoms with E-state index in [1.807, 2.05) is 0 Å². The van der Waals surface area contributed by atoms with Gasteiger partial charge in [-0.05, 0) is 24.1 Å². The van der Waals surface area contributed by atoms with Gasteiger partial charge in [0, 0.05) is 5.56 Å². The molecule has 0 radical (unpaired) electrons. The predicted octanol–water partition coefficient (Wildman–Crippen LogP) is 1.93. The molecule has 0 saturated heterocycles. The van der Waals surface area contributed by atoms with Crippen LogP contribution < -0.4 is 0 Å². The van der Waals surface area contributed by atoms with Gasteiger partial charge in [-0.3, -0.25) is 0 Å². The van der Waals surface area contributed by atoms with E-state index in [0.717, 1.165) is 12.0 Å². The van der Waals surface area contributed by atoms with Crippen LogP contribution in [0.15, 0.2) is 36.0 Å². The Labute approximate surface area is 76.6 Å². The van der Waals surface area contributed by atoms with Crippen molar-refractivity contribution in [2.45, 2.75) is 6.42 Å². The highest BCUT2D eigenvalue weighted by Gasteiger charge is 1.99. The molecule has 1 aromatic rings. The summed E-state index contributed by atoms with van der Waals surface area (Å²) in [6.07, 6.45) is 3.70. The molecule has 0 unspecified atom stereocenters. The summed E-state index contributed by atoms with van der Waals surface area (Å²) in [5.41, 5.74) is 1.52. The summed E-state index contributed by atoms with van der Waals surface area (Å²) in [5, 5.41) is 20.5. The van der Waals surface area contributed by atoms with Crippen molar-refractivity contribution in [3.05, 3.63) is 42.0 Å². The Bertz CT molecular complexity index is 332. The Morgan fingerprint density at radius 3 is 2.85 bits per heavy atom. The standard InChI is InChI=1S/C10H11NO2/c1-2-3-8-4-5-10(12)9(6-8)7-11-13/h2,4-7,12-13H,1,3H2/b11-7+. The van der Waals surface area contributed by atoms with Crippen LogP contribution in [0, 0.1) is 0 Å². The van der Waals surface area contributed by atoms with Crippen LogP contribution in [0.5, 0.6) is 5.75 Å². The van der Waals surface area contributed by atoms with Crippen LogP contribution in [0.3, 0.4) is 0 Å². The first-order valence-corrected chi connectivity index (χ1v) is 3.88. The third-order valence-corrected chi connectivity index (χ3v) is 1.67. The number of oxime groups is 1. The Balaban J connectivity index is 3.03. The number of phenols is 1. The molecule has 0 saturated carbocycles. The highest BCUT2D eigenvalue weighted by molar-refractivity contribution is 5.83. The third kappa shape index (κ3) is 2.33. The van der Waals surface area contributed by atoms with Crippen molar-refractivity contribution in [1.82, 2.24) is 0 Å². The zero-order valence-corrected chi connectivity index (χ0v) is 7.14. The van der Waals surface area contributed by atoms with Gasteiger partial charge in [0.1, 0.15) is 5.75 Å². The molecule has 0 aliphatic carbocycles. The molecule has 0 heterocycles. The summed E-state index contributed by atoms with van der Waals surface area (Å²) in [5.74, 6) is 0.102. The van der Waals surface area contributed by atoms with Crippen molar-refractivity contribution in [2.75, 3.05) is 0 Å². The average Bonchev–Trinajstić information content (AvgIpc) is 2.12. The predicted molar refractivity (Wildman–Crippen MR) is 51.4 cm³/mol. The summed E-state index contributed by atoms with van der Waals surface area (Å²) in [7, 11) is 0. The smallest absolute Gasteiger partial charge is 0.124 e. The normalized spacial score (nSPS) is 10.5. The first-order valence-electron chi connectivity index (χ1n) is 3.88. The molecule has 2 N–H and O–H groups in total. The van der Waals surface area contributed by atoms with Crippen LogP contribution in [0.2, 0.25) is 0 Å². The van der Waals surface area contributed by atoms with Crippen LogP contribution in [0.1, 0.15) is 11.1 Å². The fraction of sp³-hybridized carbons (Fsp3) is 0.100. The van der Waals surface area contributed by atoms with Gasteiger partial charge in [-0.25, -0.2) is 0 Å². The van der Waals surface area contributed by atoms with E-state index in [1.165, 1.54) is 6.21 Å². The van der Waals surface area contributed by atoms with Gasteiger partial charge in [-0.2, -0.15) is 0 Å². The van der Waals surface area contributed by atoms with Gasteiger partial charge < -0.3 is 10.3 Å². The Kier molecular flexibility index (Phi) is 3.09. The van der Waals surface area contributed by atoms with Crippen LogP contribution in [0.4, 0.5) is 0 Å². The molecule has 3 nitrogen and oxygen atoms in total. The van der Waals surface area contributed by atoms with Gasteiger partial charge in [0.15, 0.2) is 0 Å². The summed E-state index contributed by atoms with van der Waals surface area (Å²) in [4.78, 5) is 0. The SMILES string of the molecule is C=CCc1ccc(O)c(/C=N/O)c1. The van der Waals surface area contributed by atoms with Gasteiger partial charge in [0.25, 0.3) is 0 Å². The lowest BCUT2D eigenvalue weighted by molar-refractivity contribution is 0.321. The van der Waals surface area contributed by atoms with E-state index in [9.17, 15) is 5.11 Å². The first kappa shape index (κ1) is 9.32. The molecule has 0 atom stereocenters. The van der Waals surface area contributed by atoms with Crippen molar-refractivity contribution in [3.63, 3.8) is 0 Å². The molecule has 3 heteroatoms. The number of aromatic hydroxyl groups is 1. The zero-order valence-electron chi connectivity index (χ0n) is 7.14. The van der Waals surface area contributed by atoms with Gasteiger partial charge in [-0.15, -0.1) is 6.58 Å². The fourth-order valence-electron chi connectivity index (χ4n) is 1.06. The van der Waals surface area contributed by atoms with Crippen molar-refractivity contribution < 1.29 is 10.3 Å². The number of phenolic OH excluding ortho intramolecular Hbond substituents is 1. The average molecular weight is 177 g/mol. The van der Waals surface area contributed by atoms with Crippen molar-refractivity contribution in [2.24, 2.45) is 5.16 Å². The van der Waals surface area contributed by atoms with Gasteiger partial charge in [0.2, 0.25) is 0 Å². The number of hydrogen-bond donors (Lipinski definition) is 2. The van der Waals surface area contributed by atoms with E-state index in [2.05, 4.69) is 11.7 Å². The number of nitrogens with zero attached hydrogens (tertiary/aromatic N) is 1. The zero-order chi connectivity index (χ0) is 9.68. The molecule has 0 aromatic heterocycles. The minimum Gasteiger partial charge on any atom is -0.507 e. The lowest BCUT2D eigenvalue weighted by atomic mass is 10.1. The van der Waals surface area contributed by atoms with E-state index in [-0.39, 0.29) is 5.75 Å². The molecule has 0 spiro atoms. The van der Waals surface area contributed by atoms with Crippen molar-refractivity contribution in [1.29, 1.82) is 0 Å².